The van der Waals surface area contributed by atoms with Crippen LogP contribution >= 0.6 is 0 Å². The second-order valence-electron chi connectivity index (χ2n) is 8.14. The van der Waals surface area contributed by atoms with E-state index in [0.717, 1.165) is 38.2 Å². The van der Waals surface area contributed by atoms with Crippen LogP contribution in [0.1, 0.15) is 52.5 Å². The maximum atomic E-state index is 5.55. The number of hydrogen-bond donors (Lipinski definition) is 0. The van der Waals surface area contributed by atoms with E-state index < -0.39 is 0 Å². The van der Waals surface area contributed by atoms with Crippen molar-refractivity contribution in [1.82, 2.24) is 4.90 Å². The van der Waals surface area contributed by atoms with Crippen molar-refractivity contribution >= 4 is 0 Å². The Bertz CT molecular complexity index is 552. The molecule has 3 nitrogen and oxygen atoms in total. The van der Waals surface area contributed by atoms with Crippen molar-refractivity contribution in [2.24, 2.45) is 0 Å². The van der Waals surface area contributed by atoms with Crippen LogP contribution in [0.4, 0.5) is 0 Å². The van der Waals surface area contributed by atoms with Gasteiger partial charge < -0.3 is 9.47 Å². The highest BCUT2D eigenvalue weighted by atomic mass is 16.5. The van der Waals surface area contributed by atoms with Gasteiger partial charge in [0, 0.05) is 25.3 Å². The zero-order valence-corrected chi connectivity index (χ0v) is 16.8. The molecule has 1 aliphatic rings. The molecule has 0 aromatic heterocycles. The van der Waals surface area contributed by atoms with Crippen LogP contribution in [0, 0.1) is 0 Å². The summed E-state index contributed by atoms with van der Waals surface area (Å²) in [7, 11) is 4.00. The molecule has 0 radical (unpaired) electrons. The molecule has 1 aromatic rings. The summed E-state index contributed by atoms with van der Waals surface area (Å²) in [5, 5.41) is 0. The van der Waals surface area contributed by atoms with E-state index in [1.165, 1.54) is 11.1 Å². The molecular formula is C22H35NO2. The van der Waals surface area contributed by atoms with Gasteiger partial charge in [-0.05, 0) is 63.3 Å². The molecular weight excluding hydrogens is 310 g/mol. The number of nitrogens with zero attached hydrogens (tertiary/aromatic N) is 1. The Morgan fingerprint density at radius 2 is 1.84 bits per heavy atom. The Kier molecular flexibility index (Phi) is 7.09. The SMILES string of the molecule is COc1ccc(C(C)(C)CC(C=C(C)C)N(C)C2CCOCC2)cc1. The zero-order chi connectivity index (χ0) is 18.4. The lowest BCUT2D eigenvalue weighted by atomic mass is 9.78. The van der Waals surface area contributed by atoms with Gasteiger partial charge >= 0.3 is 0 Å². The molecule has 3 heteroatoms. The summed E-state index contributed by atoms with van der Waals surface area (Å²) in [5.41, 5.74) is 2.85. The Labute approximate surface area is 154 Å². The molecule has 0 saturated carbocycles. The quantitative estimate of drug-likeness (QED) is 0.662. The van der Waals surface area contributed by atoms with E-state index in [2.05, 4.69) is 70.0 Å². The lowest BCUT2D eigenvalue weighted by Gasteiger charge is -2.40. The predicted octanol–water partition coefficient (Wildman–Crippen LogP) is 4.81. The predicted molar refractivity (Wildman–Crippen MR) is 105 cm³/mol. The highest BCUT2D eigenvalue weighted by molar-refractivity contribution is 5.32. The maximum absolute atomic E-state index is 5.55. The first-order valence-corrected chi connectivity index (χ1v) is 9.43. The minimum Gasteiger partial charge on any atom is -0.497 e. The van der Waals surface area contributed by atoms with Crippen LogP contribution in [0.2, 0.25) is 0 Å². The summed E-state index contributed by atoms with van der Waals surface area (Å²) in [6.45, 7) is 10.9. The number of allylic oxidation sites excluding steroid dienone is 1. The van der Waals surface area contributed by atoms with E-state index >= 15 is 0 Å². The van der Waals surface area contributed by atoms with Gasteiger partial charge in [-0.2, -0.15) is 0 Å². The second-order valence-corrected chi connectivity index (χ2v) is 8.14. The smallest absolute Gasteiger partial charge is 0.118 e. The molecule has 1 heterocycles. The van der Waals surface area contributed by atoms with Crippen molar-refractivity contribution in [1.29, 1.82) is 0 Å². The third-order valence-corrected chi connectivity index (χ3v) is 5.41. The molecule has 1 atom stereocenters. The minimum absolute atomic E-state index is 0.0995. The van der Waals surface area contributed by atoms with E-state index in [1.807, 2.05) is 0 Å². The first-order chi connectivity index (χ1) is 11.8. The summed E-state index contributed by atoms with van der Waals surface area (Å²) >= 11 is 0. The average Bonchev–Trinajstić information content (AvgIpc) is 2.60. The molecule has 1 fully saturated rings. The average molecular weight is 346 g/mol. The molecule has 2 rings (SSSR count). The highest BCUT2D eigenvalue weighted by Crippen LogP contribution is 2.32. The van der Waals surface area contributed by atoms with Gasteiger partial charge in [-0.1, -0.05) is 37.6 Å². The Hall–Kier alpha value is -1.32. The fourth-order valence-corrected chi connectivity index (χ4v) is 3.75. The van der Waals surface area contributed by atoms with Crippen LogP contribution in [0.25, 0.3) is 0 Å². The Morgan fingerprint density at radius 1 is 1.24 bits per heavy atom. The molecule has 1 unspecified atom stereocenters. The number of benzene rings is 1. The van der Waals surface area contributed by atoms with Crippen molar-refractivity contribution in [3.05, 3.63) is 41.5 Å². The summed E-state index contributed by atoms with van der Waals surface area (Å²) in [6, 6.07) is 9.58. The third kappa shape index (κ3) is 5.58. The van der Waals surface area contributed by atoms with Crippen molar-refractivity contribution in [3.8, 4) is 5.75 Å². The van der Waals surface area contributed by atoms with Crippen LogP contribution in [-0.2, 0) is 10.2 Å². The normalized spacial score (nSPS) is 17.4. The molecule has 140 valence electrons. The van der Waals surface area contributed by atoms with Gasteiger partial charge in [0.2, 0.25) is 0 Å². The van der Waals surface area contributed by atoms with E-state index in [-0.39, 0.29) is 5.41 Å². The zero-order valence-electron chi connectivity index (χ0n) is 16.8. The summed E-state index contributed by atoms with van der Waals surface area (Å²) < 4.78 is 10.9. The number of ether oxygens (including phenoxy) is 2. The summed E-state index contributed by atoms with van der Waals surface area (Å²) in [5.74, 6) is 0.916. The molecule has 0 N–H and O–H groups in total. The number of hydrogen-bond acceptors (Lipinski definition) is 3. The van der Waals surface area contributed by atoms with Gasteiger partial charge in [-0.3, -0.25) is 4.90 Å². The first kappa shape index (κ1) is 20.0. The monoisotopic (exact) mass is 345 g/mol. The number of methoxy groups -OCH3 is 1. The molecule has 0 bridgehead atoms. The lowest BCUT2D eigenvalue weighted by Crippen LogP contribution is -2.44. The summed E-state index contributed by atoms with van der Waals surface area (Å²) in [4.78, 5) is 2.57. The standard InChI is InChI=1S/C22H35NO2/c1-17(2)15-20(23(5)19-11-13-25-14-12-19)16-22(3,4)18-7-9-21(24-6)10-8-18/h7-10,15,19-20H,11-14,16H2,1-6H3. The van der Waals surface area contributed by atoms with Gasteiger partial charge in [0.05, 0.1) is 7.11 Å². The van der Waals surface area contributed by atoms with Crippen LogP contribution in [0.15, 0.2) is 35.9 Å². The topological polar surface area (TPSA) is 21.7 Å². The van der Waals surface area contributed by atoms with E-state index in [1.54, 1.807) is 7.11 Å². The molecule has 1 saturated heterocycles. The molecule has 1 aliphatic heterocycles. The fraction of sp³-hybridized carbons (Fsp3) is 0.636. The molecule has 0 aliphatic carbocycles. The first-order valence-electron chi connectivity index (χ1n) is 9.43. The van der Waals surface area contributed by atoms with E-state index in [0.29, 0.717) is 12.1 Å². The van der Waals surface area contributed by atoms with Gasteiger partial charge in [-0.25, -0.2) is 0 Å². The van der Waals surface area contributed by atoms with Gasteiger partial charge in [0.15, 0.2) is 0 Å². The third-order valence-electron chi connectivity index (χ3n) is 5.41. The van der Waals surface area contributed by atoms with Crippen LogP contribution < -0.4 is 4.74 Å². The van der Waals surface area contributed by atoms with Crippen molar-refractivity contribution in [3.63, 3.8) is 0 Å². The van der Waals surface area contributed by atoms with Crippen molar-refractivity contribution < 1.29 is 9.47 Å². The van der Waals surface area contributed by atoms with Crippen molar-refractivity contribution in [2.75, 3.05) is 27.4 Å². The lowest BCUT2D eigenvalue weighted by molar-refractivity contribution is 0.0313. The maximum Gasteiger partial charge on any atom is 0.118 e. The summed E-state index contributed by atoms with van der Waals surface area (Å²) in [6.07, 6.45) is 5.79. The molecule has 0 amide bonds. The highest BCUT2D eigenvalue weighted by Gasteiger charge is 2.30. The molecule has 1 aromatic carbocycles. The Morgan fingerprint density at radius 3 is 2.36 bits per heavy atom. The van der Waals surface area contributed by atoms with E-state index in [9.17, 15) is 0 Å². The minimum atomic E-state index is 0.0995. The van der Waals surface area contributed by atoms with Crippen molar-refractivity contribution in [2.45, 2.75) is 64.5 Å². The Balaban J connectivity index is 2.17. The van der Waals surface area contributed by atoms with Crippen LogP contribution in [0.5, 0.6) is 5.75 Å². The van der Waals surface area contributed by atoms with Gasteiger partial charge in [0.25, 0.3) is 0 Å². The van der Waals surface area contributed by atoms with Crippen LogP contribution in [-0.4, -0.2) is 44.4 Å². The molecule has 0 spiro atoms. The number of likely N-dealkylation sites (N-methyl/N-ethyl adjacent to an activating group) is 1. The fourth-order valence-electron chi connectivity index (χ4n) is 3.75. The second kappa shape index (κ2) is 8.86. The van der Waals surface area contributed by atoms with Crippen LogP contribution in [0.3, 0.4) is 0 Å². The van der Waals surface area contributed by atoms with Gasteiger partial charge in [0.1, 0.15) is 5.75 Å². The molecule has 25 heavy (non-hydrogen) atoms. The number of rotatable bonds is 7. The van der Waals surface area contributed by atoms with Gasteiger partial charge in [-0.15, -0.1) is 0 Å². The van der Waals surface area contributed by atoms with E-state index in [4.69, 9.17) is 9.47 Å². The largest absolute Gasteiger partial charge is 0.497 e.